The number of hydrogen-bond acceptors (Lipinski definition) is 2. The molecule has 1 nitrogen and oxygen atoms in total. The van der Waals surface area contributed by atoms with E-state index in [1.807, 2.05) is 25.1 Å². The molecule has 106 valence electrons. The average molecular weight is 326 g/mol. The molecule has 0 fully saturated rings. The first-order chi connectivity index (χ1) is 9.45. The van der Waals surface area contributed by atoms with Crippen LogP contribution in [-0.4, -0.2) is 6.04 Å². The highest BCUT2D eigenvalue weighted by Crippen LogP contribution is 2.33. The summed E-state index contributed by atoms with van der Waals surface area (Å²) < 4.78 is 0. The lowest BCUT2D eigenvalue weighted by molar-refractivity contribution is 0.734. The fourth-order valence-corrected chi connectivity index (χ4v) is 3.30. The highest BCUT2D eigenvalue weighted by atomic mass is 35.5. The SMILES string of the molecule is Cc1cc(Sc2ccc(Cl)c(Cl)c2)ccc1CC(C)N. The molecule has 0 aromatic heterocycles. The third-order valence-corrected chi connectivity index (χ3v) is 4.70. The van der Waals surface area contributed by atoms with Crippen LogP contribution in [0.5, 0.6) is 0 Å². The van der Waals surface area contributed by atoms with Crippen LogP contribution < -0.4 is 5.73 Å². The van der Waals surface area contributed by atoms with E-state index in [1.54, 1.807) is 11.8 Å². The lowest BCUT2D eigenvalue weighted by Gasteiger charge is -2.11. The van der Waals surface area contributed by atoms with E-state index < -0.39 is 0 Å². The number of benzene rings is 2. The monoisotopic (exact) mass is 325 g/mol. The molecule has 0 heterocycles. The Bertz CT molecular complexity index is 611. The van der Waals surface area contributed by atoms with Crippen molar-refractivity contribution in [2.24, 2.45) is 5.73 Å². The molecule has 0 amide bonds. The van der Waals surface area contributed by atoms with Gasteiger partial charge in [0.25, 0.3) is 0 Å². The van der Waals surface area contributed by atoms with Gasteiger partial charge in [-0.1, -0.05) is 41.0 Å². The molecule has 4 heteroatoms. The van der Waals surface area contributed by atoms with E-state index in [9.17, 15) is 0 Å². The van der Waals surface area contributed by atoms with Crippen LogP contribution in [0.3, 0.4) is 0 Å². The second-order valence-electron chi connectivity index (χ2n) is 4.95. The van der Waals surface area contributed by atoms with Gasteiger partial charge in [0.1, 0.15) is 0 Å². The van der Waals surface area contributed by atoms with Gasteiger partial charge in [-0.3, -0.25) is 0 Å². The Morgan fingerprint density at radius 1 is 1.05 bits per heavy atom. The molecule has 2 aromatic rings. The summed E-state index contributed by atoms with van der Waals surface area (Å²) in [4.78, 5) is 2.27. The first-order valence-electron chi connectivity index (χ1n) is 6.43. The van der Waals surface area contributed by atoms with Crippen LogP contribution >= 0.6 is 35.0 Å². The molecule has 0 aliphatic carbocycles. The third kappa shape index (κ3) is 4.16. The van der Waals surface area contributed by atoms with Crippen molar-refractivity contribution in [1.29, 1.82) is 0 Å². The van der Waals surface area contributed by atoms with Gasteiger partial charge in [-0.15, -0.1) is 0 Å². The molecule has 0 aliphatic heterocycles. The van der Waals surface area contributed by atoms with Crippen molar-refractivity contribution >= 4 is 35.0 Å². The summed E-state index contributed by atoms with van der Waals surface area (Å²) in [6.45, 7) is 4.15. The predicted molar refractivity (Wildman–Crippen MR) is 89.1 cm³/mol. The summed E-state index contributed by atoms with van der Waals surface area (Å²) in [5.41, 5.74) is 8.43. The smallest absolute Gasteiger partial charge is 0.0603 e. The van der Waals surface area contributed by atoms with E-state index >= 15 is 0 Å². The van der Waals surface area contributed by atoms with E-state index in [0.29, 0.717) is 10.0 Å². The summed E-state index contributed by atoms with van der Waals surface area (Å²) in [5.74, 6) is 0. The molecular weight excluding hydrogens is 309 g/mol. The molecule has 20 heavy (non-hydrogen) atoms. The molecule has 0 radical (unpaired) electrons. The second-order valence-corrected chi connectivity index (χ2v) is 6.91. The maximum Gasteiger partial charge on any atom is 0.0603 e. The molecule has 1 atom stereocenters. The molecule has 2 N–H and O–H groups in total. The molecular formula is C16H17Cl2NS. The van der Waals surface area contributed by atoms with Gasteiger partial charge in [0.2, 0.25) is 0 Å². The molecule has 0 saturated carbocycles. The van der Waals surface area contributed by atoms with Crippen LogP contribution in [0.2, 0.25) is 10.0 Å². The third-order valence-electron chi connectivity index (χ3n) is 2.98. The van der Waals surface area contributed by atoms with Crippen molar-refractivity contribution in [3.8, 4) is 0 Å². The Morgan fingerprint density at radius 3 is 2.30 bits per heavy atom. The summed E-state index contributed by atoms with van der Waals surface area (Å²) >= 11 is 13.6. The van der Waals surface area contributed by atoms with Gasteiger partial charge in [0.05, 0.1) is 10.0 Å². The zero-order valence-corrected chi connectivity index (χ0v) is 13.8. The Hall–Kier alpha value is -0.670. The number of nitrogens with two attached hydrogens (primary N) is 1. The minimum absolute atomic E-state index is 0.183. The lowest BCUT2D eigenvalue weighted by Crippen LogP contribution is -2.18. The fraction of sp³-hybridized carbons (Fsp3) is 0.250. The van der Waals surface area contributed by atoms with E-state index in [0.717, 1.165) is 11.3 Å². The predicted octanol–water partition coefficient (Wildman–Crippen LogP) is 5.34. The lowest BCUT2D eigenvalue weighted by atomic mass is 10.0. The zero-order chi connectivity index (χ0) is 14.7. The molecule has 2 rings (SSSR count). The first-order valence-corrected chi connectivity index (χ1v) is 8.01. The van der Waals surface area contributed by atoms with Gasteiger partial charge in [-0.25, -0.2) is 0 Å². The van der Waals surface area contributed by atoms with E-state index in [4.69, 9.17) is 28.9 Å². The normalized spacial score (nSPS) is 12.4. The highest BCUT2D eigenvalue weighted by molar-refractivity contribution is 7.99. The number of halogens is 2. The highest BCUT2D eigenvalue weighted by Gasteiger charge is 2.05. The maximum absolute atomic E-state index is 6.03. The quantitative estimate of drug-likeness (QED) is 0.820. The molecule has 0 saturated heterocycles. The van der Waals surface area contributed by atoms with Crippen molar-refractivity contribution in [1.82, 2.24) is 0 Å². The van der Waals surface area contributed by atoms with Crippen LogP contribution in [0.25, 0.3) is 0 Å². The molecule has 1 unspecified atom stereocenters. The summed E-state index contributed by atoms with van der Waals surface area (Å²) in [6.07, 6.45) is 0.906. The molecule has 2 aromatic carbocycles. The van der Waals surface area contributed by atoms with Crippen LogP contribution in [0.15, 0.2) is 46.2 Å². The molecule has 0 spiro atoms. The van der Waals surface area contributed by atoms with Crippen LogP contribution in [-0.2, 0) is 6.42 Å². The van der Waals surface area contributed by atoms with Crippen molar-refractivity contribution in [3.63, 3.8) is 0 Å². The average Bonchev–Trinajstić information content (AvgIpc) is 2.37. The minimum Gasteiger partial charge on any atom is -0.328 e. The van der Waals surface area contributed by atoms with Gasteiger partial charge in [-0.05, 0) is 61.7 Å². The number of hydrogen-bond donors (Lipinski definition) is 1. The van der Waals surface area contributed by atoms with Crippen molar-refractivity contribution in [2.75, 3.05) is 0 Å². The van der Waals surface area contributed by atoms with Gasteiger partial charge in [0, 0.05) is 15.8 Å². The van der Waals surface area contributed by atoms with Crippen molar-refractivity contribution in [2.45, 2.75) is 36.1 Å². The number of aryl methyl sites for hydroxylation is 1. The second kappa shape index (κ2) is 6.86. The van der Waals surface area contributed by atoms with Gasteiger partial charge in [-0.2, -0.15) is 0 Å². The van der Waals surface area contributed by atoms with E-state index in [-0.39, 0.29) is 6.04 Å². The fourth-order valence-electron chi connectivity index (χ4n) is 1.98. The largest absolute Gasteiger partial charge is 0.328 e. The number of rotatable bonds is 4. The summed E-state index contributed by atoms with van der Waals surface area (Å²) in [5, 5.41) is 1.17. The van der Waals surface area contributed by atoms with Gasteiger partial charge >= 0.3 is 0 Å². The van der Waals surface area contributed by atoms with Crippen LogP contribution in [0, 0.1) is 6.92 Å². The van der Waals surface area contributed by atoms with E-state index in [1.165, 1.54) is 16.0 Å². The van der Waals surface area contributed by atoms with Crippen LogP contribution in [0.4, 0.5) is 0 Å². The standard InChI is InChI=1S/C16H17Cl2NS/c1-10-7-13(4-3-12(10)8-11(2)19)20-14-5-6-15(17)16(18)9-14/h3-7,9,11H,8,19H2,1-2H3. The molecule has 0 bridgehead atoms. The van der Waals surface area contributed by atoms with Crippen LogP contribution in [0.1, 0.15) is 18.1 Å². The topological polar surface area (TPSA) is 26.0 Å². The minimum atomic E-state index is 0.183. The van der Waals surface area contributed by atoms with Gasteiger partial charge < -0.3 is 5.73 Å². The van der Waals surface area contributed by atoms with Gasteiger partial charge in [0.15, 0.2) is 0 Å². The Kier molecular flexibility index (Phi) is 5.39. The molecule has 0 aliphatic rings. The summed E-state index contributed by atoms with van der Waals surface area (Å²) in [7, 11) is 0. The Morgan fingerprint density at radius 2 is 1.70 bits per heavy atom. The van der Waals surface area contributed by atoms with Crippen molar-refractivity contribution < 1.29 is 0 Å². The Labute approximate surface area is 134 Å². The summed E-state index contributed by atoms with van der Waals surface area (Å²) in [6, 6.07) is 12.3. The Balaban J connectivity index is 2.17. The first kappa shape index (κ1) is 15.7. The van der Waals surface area contributed by atoms with E-state index in [2.05, 4.69) is 25.1 Å². The van der Waals surface area contributed by atoms with Crippen molar-refractivity contribution in [3.05, 3.63) is 57.6 Å². The maximum atomic E-state index is 6.03. The zero-order valence-electron chi connectivity index (χ0n) is 11.5.